The molecule has 0 spiro atoms. The van der Waals surface area contributed by atoms with E-state index < -0.39 is 5.60 Å². The molecule has 0 radical (unpaired) electrons. The number of carbonyl (C=O) groups is 1. The molecule has 0 unspecified atom stereocenters. The summed E-state index contributed by atoms with van der Waals surface area (Å²) in [6.07, 6.45) is 3.62. The second-order valence-electron chi connectivity index (χ2n) is 8.64. The van der Waals surface area contributed by atoms with Crippen LogP contribution in [0.2, 0.25) is 0 Å². The van der Waals surface area contributed by atoms with Gasteiger partial charge in [-0.15, -0.1) is 0 Å². The minimum absolute atomic E-state index is 0.102. The largest absolute Gasteiger partial charge is 0.462 e. The molecular weight excluding hydrogens is 358 g/mol. The maximum atomic E-state index is 12.0. The molecular formula is C20H27N5O3. The SMILES string of the molecule is Cc1nc2ncnn2c(N)c1C#CC1(O)CCC(OC(=O)CC(C)(C)C)CC1. The van der Waals surface area contributed by atoms with Crippen molar-refractivity contribution >= 4 is 17.6 Å². The van der Waals surface area contributed by atoms with Gasteiger partial charge in [0.1, 0.15) is 23.9 Å². The van der Waals surface area contributed by atoms with E-state index in [1.807, 2.05) is 20.8 Å². The smallest absolute Gasteiger partial charge is 0.306 e. The van der Waals surface area contributed by atoms with Crippen LogP contribution in [0.5, 0.6) is 0 Å². The number of nitrogen functional groups attached to an aromatic ring is 1. The van der Waals surface area contributed by atoms with Gasteiger partial charge in [-0.3, -0.25) is 4.79 Å². The summed E-state index contributed by atoms with van der Waals surface area (Å²) in [5.74, 6) is 6.50. The number of rotatable bonds is 2. The molecule has 0 aromatic carbocycles. The summed E-state index contributed by atoms with van der Waals surface area (Å²) >= 11 is 0. The molecule has 1 saturated carbocycles. The van der Waals surface area contributed by atoms with Crippen molar-refractivity contribution in [1.82, 2.24) is 19.6 Å². The Morgan fingerprint density at radius 1 is 1.43 bits per heavy atom. The summed E-state index contributed by atoms with van der Waals surface area (Å²) in [6, 6.07) is 0. The number of esters is 1. The van der Waals surface area contributed by atoms with Crippen molar-refractivity contribution in [1.29, 1.82) is 0 Å². The second kappa shape index (κ2) is 7.40. The van der Waals surface area contributed by atoms with E-state index in [0.29, 0.717) is 55.0 Å². The van der Waals surface area contributed by atoms with Gasteiger partial charge in [-0.05, 0) is 38.0 Å². The van der Waals surface area contributed by atoms with Gasteiger partial charge < -0.3 is 15.6 Å². The summed E-state index contributed by atoms with van der Waals surface area (Å²) < 4.78 is 6.98. The van der Waals surface area contributed by atoms with Gasteiger partial charge in [-0.2, -0.15) is 14.6 Å². The van der Waals surface area contributed by atoms with Gasteiger partial charge in [0.05, 0.1) is 17.7 Å². The zero-order valence-electron chi connectivity index (χ0n) is 16.8. The number of nitrogens with two attached hydrogens (primary N) is 1. The van der Waals surface area contributed by atoms with E-state index in [-0.39, 0.29) is 17.5 Å². The van der Waals surface area contributed by atoms with Crippen LogP contribution in [-0.2, 0) is 9.53 Å². The topological polar surface area (TPSA) is 116 Å². The number of aliphatic hydroxyl groups is 1. The number of hydrogen-bond acceptors (Lipinski definition) is 7. The van der Waals surface area contributed by atoms with Crippen LogP contribution in [0.3, 0.4) is 0 Å². The summed E-state index contributed by atoms with van der Waals surface area (Å²) in [5, 5.41) is 14.9. The summed E-state index contributed by atoms with van der Waals surface area (Å²) in [6.45, 7) is 7.80. The van der Waals surface area contributed by atoms with E-state index in [2.05, 4.69) is 26.9 Å². The summed E-state index contributed by atoms with van der Waals surface area (Å²) in [7, 11) is 0. The number of fused-ring (bicyclic) bond motifs is 1. The molecule has 0 atom stereocenters. The Morgan fingerprint density at radius 2 is 2.11 bits per heavy atom. The Hall–Kier alpha value is -2.66. The monoisotopic (exact) mass is 385 g/mol. The molecule has 0 amide bonds. The number of nitrogens with zero attached hydrogens (tertiary/aromatic N) is 4. The Bertz CT molecular complexity index is 940. The highest BCUT2D eigenvalue weighted by Gasteiger charge is 2.33. The van der Waals surface area contributed by atoms with Crippen molar-refractivity contribution in [3.63, 3.8) is 0 Å². The molecule has 8 nitrogen and oxygen atoms in total. The lowest BCUT2D eigenvalue weighted by molar-refractivity contribution is -0.154. The van der Waals surface area contributed by atoms with E-state index >= 15 is 0 Å². The molecule has 3 rings (SSSR count). The van der Waals surface area contributed by atoms with Gasteiger partial charge in [-0.25, -0.2) is 4.98 Å². The van der Waals surface area contributed by atoms with Crippen molar-refractivity contribution in [2.45, 2.75) is 71.5 Å². The normalized spacial score (nSPS) is 22.5. The van der Waals surface area contributed by atoms with Crippen molar-refractivity contribution in [3.8, 4) is 11.8 Å². The van der Waals surface area contributed by atoms with Crippen molar-refractivity contribution in [2.24, 2.45) is 5.41 Å². The number of anilines is 1. The first-order valence-corrected chi connectivity index (χ1v) is 9.47. The third-order valence-electron chi connectivity index (χ3n) is 4.80. The standard InChI is InChI=1S/C20H27N5O3/c1-13-15(17(21)25-18(24-13)22-12-23-25)7-10-20(27)8-5-14(6-9-20)28-16(26)11-19(2,3)4/h12,14,27H,5-6,8-9,11,21H2,1-4H3. The highest BCUT2D eigenvalue weighted by Crippen LogP contribution is 2.31. The molecule has 1 fully saturated rings. The fourth-order valence-corrected chi connectivity index (χ4v) is 3.28. The Labute approximate surface area is 164 Å². The van der Waals surface area contributed by atoms with Gasteiger partial charge in [0, 0.05) is 0 Å². The Kier molecular flexibility index (Phi) is 5.31. The number of aromatic nitrogens is 4. The molecule has 2 heterocycles. The lowest BCUT2D eigenvalue weighted by Crippen LogP contribution is -2.36. The van der Waals surface area contributed by atoms with Crippen LogP contribution in [0.4, 0.5) is 5.82 Å². The van der Waals surface area contributed by atoms with Crippen LogP contribution in [0.1, 0.15) is 64.1 Å². The van der Waals surface area contributed by atoms with Gasteiger partial charge in [-0.1, -0.05) is 32.6 Å². The molecule has 0 saturated heterocycles. The zero-order valence-corrected chi connectivity index (χ0v) is 16.8. The molecule has 0 bridgehead atoms. The number of hydrogen-bond donors (Lipinski definition) is 2. The summed E-state index contributed by atoms with van der Waals surface area (Å²) in [5.41, 5.74) is 6.06. The van der Waals surface area contributed by atoms with Crippen LogP contribution in [0.15, 0.2) is 6.33 Å². The van der Waals surface area contributed by atoms with E-state index in [1.165, 1.54) is 10.8 Å². The van der Waals surface area contributed by atoms with Crippen LogP contribution in [-0.4, -0.2) is 42.4 Å². The molecule has 1 aliphatic rings. The first kappa shape index (κ1) is 20.1. The quantitative estimate of drug-likeness (QED) is 0.600. The van der Waals surface area contributed by atoms with E-state index in [9.17, 15) is 9.90 Å². The molecule has 3 N–H and O–H groups in total. The first-order valence-electron chi connectivity index (χ1n) is 9.47. The average molecular weight is 385 g/mol. The first-order chi connectivity index (χ1) is 13.1. The van der Waals surface area contributed by atoms with Gasteiger partial charge >= 0.3 is 5.97 Å². The number of ether oxygens (including phenoxy) is 1. The average Bonchev–Trinajstić information content (AvgIpc) is 3.04. The van der Waals surface area contributed by atoms with E-state index in [0.717, 1.165) is 0 Å². The molecule has 2 aromatic heterocycles. The van der Waals surface area contributed by atoms with Crippen LogP contribution < -0.4 is 5.73 Å². The van der Waals surface area contributed by atoms with Gasteiger partial charge in [0.2, 0.25) is 0 Å². The number of aryl methyl sites for hydroxylation is 1. The van der Waals surface area contributed by atoms with Gasteiger partial charge in [0.15, 0.2) is 0 Å². The van der Waals surface area contributed by atoms with Crippen LogP contribution in [0, 0.1) is 24.2 Å². The highest BCUT2D eigenvalue weighted by molar-refractivity contribution is 5.70. The maximum absolute atomic E-state index is 12.0. The molecule has 2 aromatic rings. The minimum Gasteiger partial charge on any atom is -0.462 e. The molecule has 0 aliphatic heterocycles. The molecule has 8 heteroatoms. The zero-order chi connectivity index (χ0) is 20.5. The second-order valence-corrected chi connectivity index (χ2v) is 8.64. The third-order valence-corrected chi connectivity index (χ3v) is 4.80. The predicted octanol–water partition coefficient (Wildman–Crippen LogP) is 2.02. The Balaban J connectivity index is 1.67. The van der Waals surface area contributed by atoms with Crippen molar-refractivity contribution in [2.75, 3.05) is 5.73 Å². The summed E-state index contributed by atoms with van der Waals surface area (Å²) in [4.78, 5) is 20.4. The highest BCUT2D eigenvalue weighted by atomic mass is 16.5. The maximum Gasteiger partial charge on any atom is 0.306 e. The van der Waals surface area contributed by atoms with E-state index in [4.69, 9.17) is 10.5 Å². The fraction of sp³-hybridized carbons (Fsp3) is 0.600. The van der Waals surface area contributed by atoms with E-state index in [1.54, 1.807) is 6.92 Å². The van der Waals surface area contributed by atoms with Crippen LogP contribution >= 0.6 is 0 Å². The third kappa shape index (κ3) is 4.60. The minimum atomic E-state index is -1.14. The lowest BCUT2D eigenvalue weighted by Gasteiger charge is -2.32. The van der Waals surface area contributed by atoms with Gasteiger partial charge in [0.25, 0.3) is 5.78 Å². The fourth-order valence-electron chi connectivity index (χ4n) is 3.28. The Morgan fingerprint density at radius 3 is 2.75 bits per heavy atom. The van der Waals surface area contributed by atoms with Crippen molar-refractivity contribution in [3.05, 3.63) is 17.6 Å². The van der Waals surface area contributed by atoms with Crippen LogP contribution in [0.25, 0.3) is 5.78 Å². The number of carbonyl (C=O) groups excluding carboxylic acids is 1. The molecule has 28 heavy (non-hydrogen) atoms. The lowest BCUT2D eigenvalue weighted by atomic mass is 9.83. The predicted molar refractivity (Wildman–Crippen MR) is 104 cm³/mol. The molecule has 150 valence electrons. The molecule has 1 aliphatic carbocycles. The van der Waals surface area contributed by atoms with Crippen molar-refractivity contribution < 1.29 is 14.6 Å².